The number of hydrogen-bond donors (Lipinski definition) is 2. The largest absolute Gasteiger partial charge is 0.324 e. The van der Waals surface area contributed by atoms with Gasteiger partial charge in [0.2, 0.25) is 0 Å². The molecule has 0 fully saturated rings. The number of amides is 1. The zero-order valence-corrected chi connectivity index (χ0v) is 15.3. The van der Waals surface area contributed by atoms with Gasteiger partial charge < -0.3 is 0 Å². The number of nitro groups is 1. The molecule has 4 rings (SSSR count). The van der Waals surface area contributed by atoms with Crippen LogP contribution in [0.25, 0.3) is 31.2 Å². The van der Waals surface area contributed by atoms with Gasteiger partial charge in [0, 0.05) is 16.3 Å². The molecule has 0 atom stereocenters. The van der Waals surface area contributed by atoms with Crippen molar-refractivity contribution in [3.63, 3.8) is 0 Å². The lowest BCUT2D eigenvalue weighted by Gasteiger charge is -2.07. The Balaban J connectivity index is 1.79. The van der Waals surface area contributed by atoms with Gasteiger partial charge in [-0.3, -0.25) is 20.3 Å². The first-order valence-corrected chi connectivity index (χ1v) is 9.45. The molecule has 0 saturated heterocycles. The van der Waals surface area contributed by atoms with E-state index in [1.807, 2.05) is 36.4 Å². The summed E-state index contributed by atoms with van der Waals surface area (Å²) in [4.78, 5) is 29.9. The predicted molar refractivity (Wildman–Crippen MR) is 107 cm³/mol. The molecule has 0 aliphatic carbocycles. The number of nitrogens with one attached hydrogen (secondary N) is 1. The molecule has 0 unspecified atom stereocenters. The highest BCUT2D eigenvalue weighted by Crippen LogP contribution is 2.39. The van der Waals surface area contributed by atoms with Gasteiger partial charge in [-0.15, -0.1) is 11.3 Å². The topological polar surface area (TPSA) is 111 Å². The number of rotatable bonds is 4. The Kier molecular flexibility index (Phi) is 4.40. The van der Waals surface area contributed by atoms with Crippen molar-refractivity contribution < 1.29 is 9.72 Å². The third-order valence-corrected chi connectivity index (χ3v) is 6.31. The van der Waals surface area contributed by atoms with Gasteiger partial charge in [-0.25, -0.2) is 10.8 Å². The summed E-state index contributed by atoms with van der Waals surface area (Å²) in [6.45, 7) is 0. The Morgan fingerprint density at radius 1 is 1.04 bits per heavy atom. The van der Waals surface area contributed by atoms with Crippen molar-refractivity contribution in [3.05, 3.63) is 70.3 Å². The molecule has 1 amide bonds. The average molecular weight is 396 g/mol. The van der Waals surface area contributed by atoms with Gasteiger partial charge in [0.15, 0.2) is 0 Å². The summed E-state index contributed by atoms with van der Waals surface area (Å²) in [7, 11) is 0. The van der Waals surface area contributed by atoms with E-state index in [2.05, 4.69) is 10.4 Å². The molecular weight excluding hydrogens is 384 g/mol. The molecule has 27 heavy (non-hydrogen) atoms. The maximum Gasteiger partial charge on any atom is 0.324 e. The Labute approximate surface area is 161 Å². The summed E-state index contributed by atoms with van der Waals surface area (Å²) in [6.07, 6.45) is 0. The lowest BCUT2D eigenvalue weighted by Crippen LogP contribution is -2.30. The highest BCUT2D eigenvalue weighted by atomic mass is 32.1. The minimum atomic E-state index is -0.398. The molecule has 0 aliphatic heterocycles. The first kappa shape index (κ1) is 17.3. The number of pyridine rings is 1. The van der Waals surface area contributed by atoms with E-state index in [0.717, 1.165) is 31.4 Å². The van der Waals surface area contributed by atoms with E-state index >= 15 is 0 Å². The molecular formula is C18H12N4O3S2. The summed E-state index contributed by atoms with van der Waals surface area (Å²) >= 11 is 2.59. The lowest BCUT2D eigenvalue weighted by atomic mass is 10.1. The number of hydrazine groups is 1. The van der Waals surface area contributed by atoms with E-state index in [-0.39, 0.29) is 10.9 Å². The SMILES string of the molecule is NNC(=O)c1cc(-c2ccc(-c3ccc([N+](=O)[O-])s3)s2)nc2ccccc12. The molecule has 3 heterocycles. The number of para-hydroxylation sites is 1. The molecule has 3 N–H and O–H groups in total. The molecule has 0 saturated carbocycles. The van der Waals surface area contributed by atoms with Gasteiger partial charge in [0.1, 0.15) is 0 Å². The summed E-state index contributed by atoms with van der Waals surface area (Å²) in [5.41, 5.74) is 3.95. The van der Waals surface area contributed by atoms with Gasteiger partial charge in [-0.2, -0.15) is 0 Å². The average Bonchev–Trinajstić information content (AvgIpc) is 3.35. The van der Waals surface area contributed by atoms with Gasteiger partial charge in [-0.05, 0) is 30.3 Å². The van der Waals surface area contributed by atoms with E-state index in [9.17, 15) is 14.9 Å². The number of carbonyl (C=O) groups excluding carboxylic acids is 1. The van der Waals surface area contributed by atoms with Crippen LogP contribution in [-0.2, 0) is 0 Å². The standard InChI is InChI=1S/C18H12N4O3S2/c19-21-18(23)11-9-13(20-12-4-2-1-3-10(11)12)14-5-6-15(26-14)16-7-8-17(27-16)22(24)25/h1-9H,19H2,(H,21,23). The van der Waals surface area contributed by atoms with Crippen molar-refractivity contribution in [1.29, 1.82) is 0 Å². The maximum atomic E-state index is 12.2. The number of aromatic nitrogens is 1. The Morgan fingerprint density at radius 3 is 2.48 bits per heavy atom. The number of thiophene rings is 2. The van der Waals surface area contributed by atoms with Crippen LogP contribution in [-0.4, -0.2) is 15.8 Å². The van der Waals surface area contributed by atoms with Crippen molar-refractivity contribution >= 4 is 44.5 Å². The number of fused-ring (bicyclic) bond motifs is 1. The number of benzene rings is 1. The summed E-state index contributed by atoms with van der Waals surface area (Å²) in [5, 5.41) is 11.7. The zero-order valence-electron chi connectivity index (χ0n) is 13.7. The zero-order chi connectivity index (χ0) is 19.0. The highest BCUT2D eigenvalue weighted by molar-refractivity contribution is 7.25. The summed E-state index contributed by atoms with van der Waals surface area (Å²) < 4.78 is 0. The molecule has 7 nitrogen and oxygen atoms in total. The Hall–Kier alpha value is -3.14. The Morgan fingerprint density at radius 2 is 1.74 bits per heavy atom. The second-order valence-corrected chi connectivity index (χ2v) is 7.75. The first-order chi connectivity index (χ1) is 13.1. The number of nitrogen functional groups attached to an aromatic ring is 1. The minimum absolute atomic E-state index is 0.102. The van der Waals surface area contributed by atoms with Crippen LogP contribution >= 0.6 is 22.7 Å². The molecule has 3 aromatic heterocycles. The van der Waals surface area contributed by atoms with Crippen LogP contribution < -0.4 is 11.3 Å². The molecule has 0 aliphatic rings. The number of nitrogens with two attached hydrogens (primary N) is 1. The quantitative estimate of drug-likeness (QED) is 0.232. The summed E-state index contributed by atoms with van der Waals surface area (Å²) in [6, 6.07) is 16.1. The molecule has 1 aromatic carbocycles. The minimum Gasteiger partial charge on any atom is -0.290 e. The number of hydrogen-bond acceptors (Lipinski definition) is 7. The number of carbonyl (C=O) groups is 1. The molecule has 134 valence electrons. The lowest BCUT2D eigenvalue weighted by molar-refractivity contribution is -0.380. The third kappa shape index (κ3) is 3.19. The van der Waals surface area contributed by atoms with Gasteiger partial charge >= 0.3 is 5.00 Å². The van der Waals surface area contributed by atoms with Crippen LogP contribution in [0.3, 0.4) is 0 Å². The molecule has 9 heteroatoms. The van der Waals surface area contributed by atoms with E-state index in [1.165, 1.54) is 17.4 Å². The van der Waals surface area contributed by atoms with Gasteiger partial charge in [0.05, 0.1) is 31.5 Å². The Bertz CT molecular complexity index is 1180. The van der Waals surface area contributed by atoms with Crippen LogP contribution in [0.4, 0.5) is 5.00 Å². The van der Waals surface area contributed by atoms with Crippen molar-refractivity contribution in [2.24, 2.45) is 5.84 Å². The smallest absolute Gasteiger partial charge is 0.290 e. The van der Waals surface area contributed by atoms with E-state index in [0.29, 0.717) is 16.8 Å². The molecule has 4 aromatic rings. The van der Waals surface area contributed by atoms with Gasteiger partial charge in [0.25, 0.3) is 5.91 Å². The van der Waals surface area contributed by atoms with Crippen molar-refractivity contribution in [3.8, 4) is 20.3 Å². The monoisotopic (exact) mass is 396 g/mol. The van der Waals surface area contributed by atoms with Crippen molar-refractivity contribution in [2.75, 3.05) is 0 Å². The molecule has 0 radical (unpaired) electrons. The van der Waals surface area contributed by atoms with Crippen molar-refractivity contribution in [2.45, 2.75) is 0 Å². The second-order valence-electron chi connectivity index (χ2n) is 5.60. The van der Waals surface area contributed by atoms with Crippen LogP contribution in [0.1, 0.15) is 10.4 Å². The summed E-state index contributed by atoms with van der Waals surface area (Å²) in [5.74, 6) is 4.93. The van der Waals surface area contributed by atoms with Crippen LogP contribution in [0.2, 0.25) is 0 Å². The van der Waals surface area contributed by atoms with E-state index in [1.54, 1.807) is 12.1 Å². The van der Waals surface area contributed by atoms with Crippen LogP contribution in [0.5, 0.6) is 0 Å². The fourth-order valence-electron chi connectivity index (χ4n) is 2.73. The second kappa shape index (κ2) is 6.88. The van der Waals surface area contributed by atoms with Crippen LogP contribution in [0, 0.1) is 10.1 Å². The van der Waals surface area contributed by atoms with Crippen LogP contribution in [0.15, 0.2) is 54.6 Å². The normalized spacial score (nSPS) is 10.9. The first-order valence-electron chi connectivity index (χ1n) is 7.82. The fourth-order valence-corrected chi connectivity index (χ4v) is 4.61. The van der Waals surface area contributed by atoms with Gasteiger partial charge in [-0.1, -0.05) is 29.5 Å². The number of nitrogens with zero attached hydrogens (tertiary/aromatic N) is 2. The third-order valence-electron chi connectivity index (χ3n) is 3.96. The van der Waals surface area contributed by atoms with Crippen molar-refractivity contribution in [1.82, 2.24) is 10.4 Å². The maximum absolute atomic E-state index is 12.2. The predicted octanol–water partition coefficient (Wildman–Crippen LogP) is 4.20. The molecule has 0 spiro atoms. The highest BCUT2D eigenvalue weighted by Gasteiger charge is 2.16. The van der Waals surface area contributed by atoms with E-state index < -0.39 is 4.92 Å². The molecule has 0 bridgehead atoms. The van der Waals surface area contributed by atoms with E-state index in [4.69, 9.17) is 5.84 Å². The fraction of sp³-hybridized carbons (Fsp3) is 0.